The topological polar surface area (TPSA) is 85.3 Å². The van der Waals surface area contributed by atoms with Crippen molar-refractivity contribution < 1.29 is 28.9 Å². The summed E-state index contributed by atoms with van der Waals surface area (Å²) in [5, 5.41) is 8.95. The van der Waals surface area contributed by atoms with E-state index in [1.54, 1.807) is 12.0 Å². The lowest BCUT2D eigenvalue weighted by atomic mass is 9.99. The normalized spacial score (nSPS) is 19.8. The third kappa shape index (κ3) is 7.43. The van der Waals surface area contributed by atoms with Crippen LogP contribution in [0.2, 0.25) is 0 Å². The van der Waals surface area contributed by atoms with E-state index in [-0.39, 0.29) is 38.1 Å². The number of hydrogen-bond donors (Lipinski definition) is 1. The van der Waals surface area contributed by atoms with Crippen LogP contribution in [0.25, 0.3) is 0 Å². The maximum atomic E-state index is 13.4. The fourth-order valence-electron chi connectivity index (χ4n) is 3.95. The third-order valence-corrected chi connectivity index (χ3v) is 5.64. The van der Waals surface area contributed by atoms with Gasteiger partial charge < -0.3 is 24.2 Å². The van der Waals surface area contributed by atoms with E-state index in [1.807, 2.05) is 66.7 Å². The number of methoxy groups -OCH3 is 1. The zero-order chi connectivity index (χ0) is 24.2. The number of ether oxygens (including phenoxy) is 3. The predicted molar refractivity (Wildman–Crippen MR) is 128 cm³/mol. The largest absolute Gasteiger partial charge is 0.491 e. The molecule has 0 aliphatic carbocycles. The van der Waals surface area contributed by atoms with E-state index in [4.69, 9.17) is 19.3 Å². The molecule has 0 bridgehead atoms. The lowest BCUT2D eigenvalue weighted by Gasteiger charge is -2.37. The van der Waals surface area contributed by atoms with Gasteiger partial charge in [0, 0.05) is 26.5 Å². The van der Waals surface area contributed by atoms with Gasteiger partial charge in [0.05, 0.1) is 19.3 Å². The molecule has 0 radical (unpaired) electrons. The minimum atomic E-state index is -0.659. The summed E-state index contributed by atoms with van der Waals surface area (Å²) in [6.07, 6.45) is 5.03. The second-order valence-corrected chi connectivity index (χ2v) is 8.13. The van der Waals surface area contributed by atoms with E-state index in [0.29, 0.717) is 31.6 Å². The lowest BCUT2D eigenvalue weighted by Crippen LogP contribution is -2.47. The summed E-state index contributed by atoms with van der Waals surface area (Å²) in [5.41, 5.74) is 1.72. The number of carbonyl (C=O) groups excluding carboxylic acids is 2. The predicted octanol–water partition coefficient (Wildman–Crippen LogP) is 3.82. The molecular weight excluding hydrogens is 434 g/mol. The molecule has 1 N–H and O–H groups in total. The second kappa shape index (κ2) is 13.5. The van der Waals surface area contributed by atoms with Crippen LogP contribution < -0.4 is 4.74 Å². The van der Waals surface area contributed by atoms with Crippen LogP contribution in [-0.2, 0) is 25.6 Å². The van der Waals surface area contributed by atoms with Gasteiger partial charge in [0.2, 0.25) is 5.91 Å². The van der Waals surface area contributed by atoms with Gasteiger partial charge in [0.1, 0.15) is 18.5 Å². The van der Waals surface area contributed by atoms with E-state index in [9.17, 15) is 9.59 Å². The first kappa shape index (κ1) is 25.5. The third-order valence-electron chi connectivity index (χ3n) is 5.64. The zero-order valence-electron chi connectivity index (χ0n) is 19.6. The summed E-state index contributed by atoms with van der Waals surface area (Å²) in [5.74, 6) is 0.301. The number of aliphatic hydroxyl groups excluding tert-OH is 1. The van der Waals surface area contributed by atoms with Gasteiger partial charge in [0.15, 0.2) is 0 Å². The molecule has 0 saturated carbocycles. The fraction of sp³-hybridized carbons (Fsp3) is 0.407. The van der Waals surface area contributed by atoms with Gasteiger partial charge in [-0.05, 0) is 36.1 Å². The molecule has 7 nitrogen and oxygen atoms in total. The van der Waals surface area contributed by atoms with Crippen molar-refractivity contribution in [1.82, 2.24) is 4.90 Å². The van der Waals surface area contributed by atoms with Crippen molar-refractivity contribution in [2.24, 2.45) is 0 Å². The van der Waals surface area contributed by atoms with Crippen molar-refractivity contribution in [2.45, 2.75) is 44.4 Å². The molecular formula is C27H33NO6. The highest BCUT2D eigenvalue weighted by atomic mass is 16.5. The lowest BCUT2D eigenvalue weighted by molar-refractivity contribution is -0.159. The Kier molecular flexibility index (Phi) is 10.1. The monoisotopic (exact) mass is 467 g/mol. The molecule has 1 amide bonds. The summed E-state index contributed by atoms with van der Waals surface area (Å²) in [6, 6.07) is 16.4. The molecule has 182 valence electrons. The number of carbonyl (C=O) groups is 2. The second-order valence-electron chi connectivity index (χ2n) is 8.13. The van der Waals surface area contributed by atoms with Crippen LogP contribution in [0.5, 0.6) is 5.75 Å². The highest BCUT2D eigenvalue weighted by molar-refractivity contribution is 5.77. The van der Waals surface area contributed by atoms with E-state index < -0.39 is 12.1 Å². The summed E-state index contributed by atoms with van der Waals surface area (Å²) in [6.45, 7) is 0.706. The van der Waals surface area contributed by atoms with Crippen LogP contribution in [0.1, 0.15) is 42.9 Å². The van der Waals surface area contributed by atoms with Gasteiger partial charge in [0.25, 0.3) is 0 Å². The first-order valence-electron chi connectivity index (χ1n) is 11.6. The maximum absolute atomic E-state index is 13.4. The van der Waals surface area contributed by atoms with Gasteiger partial charge in [-0.1, -0.05) is 54.6 Å². The molecule has 2 aromatic rings. The molecule has 2 aromatic carbocycles. The zero-order valence-corrected chi connectivity index (χ0v) is 19.6. The summed E-state index contributed by atoms with van der Waals surface area (Å²) >= 11 is 0. The Morgan fingerprint density at radius 2 is 1.71 bits per heavy atom. The average molecular weight is 468 g/mol. The number of cyclic esters (lactones) is 1. The quantitative estimate of drug-likeness (QED) is 0.469. The van der Waals surface area contributed by atoms with Crippen LogP contribution in [0, 0.1) is 0 Å². The first-order valence-corrected chi connectivity index (χ1v) is 11.6. The van der Waals surface area contributed by atoms with E-state index in [1.165, 1.54) is 0 Å². The number of benzene rings is 2. The molecule has 1 heterocycles. The van der Waals surface area contributed by atoms with Crippen LogP contribution in [0.3, 0.4) is 0 Å². The number of rotatable bonds is 8. The summed E-state index contributed by atoms with van der Waals surface area (Å²) in [4.78, 5) is 27.9. The Morgan fingerprint density at radius 1 is 1.00 bits per heavy atom. The highest BCUT2D eigenvalue weighted by Gasteiger charge is 2.34. The van der Waals surface area contributed by atoms with Gasteiger partial charge in [-0.3, -0.25) is 9.59 Å². The van der Waals surface area contributed by atoms with E-state index in [0.717, 1.165) is 11.1 Å². The summed E-state index contributed by atoms with van der Waals surface area (Å²) in [7, 11) is 1.58. The molecule has 7 heteroatoms. The van der Waals surface area contributed by atoms with Gasteiger partial charge >= 0.3 is 5.97 Å². The van der Waals surface area contributed by atoms with Crippen LogP contribution in [0.4, 0.5) is 0 Å². The minimum Gasteiger partial charge on any atom is -0.491 e. The first-order chi connectivity index (χ1) is 16.6. The molecule has 0 saturated heterocycles. The molecule has 2 unspecified atom stereocenters. The van der Waals surface area contributed by atoms with Gasteiger partial charge in [-0.15, -0.1) is 0 Å². The standard InChI is InChI=1S/C27H33NO6/c1-32-20-24-27(22-9-5-4-6-10-22)34-26(31)12-8-3-2-7-11-25(30)28(24)19-21-13-15-23(16-14-21)33-18-17-29/h2-6,9-10,13-16,24,27,29H,7-8,11-12,17-20H2,1H3. The molecule has 3 rings (SSSR count). The number of hydrogen-bond acceptors (Lipinski definition) is 6. The molecule has 1 aliphatic rings. The highest BCUT2D eigenvalue weighted by Crippen LogP contribution is 2.29. The van der Waals surface area contributed by atoms with Crippen molar-refractivity contribution in [1.29, 1.82) is 0 Å². The number of aliphatic hydroxyl groups is 1. The van der Waals surface area contributed by atoms with E-state index >= 15 is 0 Å². The van der Waals surface area contributed by atoms with Crippen molar-refractivity contribution in [2.75, 3.05) is 26.9 Å². The van der Waals surface area contributed by atoms with Crippen molar-refractivity contribution >= 4 is 11.9 Å². The molecule has 0 fully saturated rings. The summed E-state index contributed by atoms with van der Waals surface area (Å²) < 4.78 is 16.9. The molecule has 0 aromatic heterocycles. The van der Waals surface area contributed by atoms with Crippen LogP contribution in [-0.4, -0.2) is 54.9 Å². The number of nitrogens with zero attached hydrogens (tertiary/aromatic N) is 1. The van der Waals surface area contributed by atoms with Crippen LogP contribution in [0.15, 0.2) is 66.7 Å². The Labute approximate surface area is 200 Å². The van der Waals surface area contributed by atoms with Gasteiger partial charge in [-0.2, -0.15) is 0 Å². The Balaban J connectivity index is 1.95. The van der Waals surface area contributed by atoms with E-state index in [2.05, 4.69) is 0 Å². The Morgan fingerprint density at radius 3 is 2.38 bits per heavy atom. The molecule has 2 atom stereocenters. The van der Waals surface area contributed by atoms with Crippen molar-refractivity contribution in [3.63, 3.8) is 0 Å². The molecule has 34 heavy (non-hydrogen) atoms. The fourth-order valence-corrected chi connectivity index (χ4v) is 3.95. The van der Waals surface area contributed by atoms with Gasteiger partial charge in [-0.25, -0.2) is 0 Å². The van der Waals surface area contributed by atoms with Crippen LogP contribution >= 0.6 is 0 Å². The van der Waals surface area contributed by atoms with Crippen molar-refractivity contribution in [3.05, 3.63) is 77.9 Å². The number of esters is 1. The number of amides is 1. The molecule has 0 spiro atoms. The molecule has 1 aliphatic heterocycles. The SMILES string of the molecule is COCC1C(c2ccccc2)OC(=O)CCC=CCCC(=O)N1Cc1ccc(OCCO)cc1. The number of allylic oxidation sites excluding steroid dienone is 2. The minimum absolute atomic E-state index is 0.0372. The Bertz CT molecular complexity index is 928. The Hall–Kier alpha value is -3.16. The average Bonchev–Trinajstić information content (AvgIpc) is 2.86. The maximum Gasteiger partial charge on any atom is 0.306 e. The smallest absolute Gasteiger partial charge is 0.306 e. The van der Waals surface area contributed by atoms with Crippen molar-refractivity contribution in [3.8, 4) is 5.75 Å².